The van der Waals surface area contributed by atoms with E-state index < -0.39 is 5.72 Å². The predicted molar refractivity (Wildman–Crippen MR) is 71.9 cm³/mol. The molecule has 3 rings (SSSR count). The predicted octanol–water partition coefficient (Wildman–Crippen LogP) is 2.96. The molecule has 1 atom stereocenters. The third kappa shape index (κ3) is 2.05. The molecule has 0 bridgehead atoms. The van der Waals surface area contributed by atoms with Crippen LogP contribution in [-0.4, -0.2) is 0 Å². The van der Waals surface area contributed by atoms with Crippen molar-refractivity contribution in [3.63, 3.8) is 0 Å². The van der Waals surface area contributed by atoms with Gasteiger partial charge in [0.05, 0.1) is 6.61 Å². The molecule has 0 aliphatic heterocycles. The first kappa shape index (κ1) is 11.5. The summed E-state index contributed by atoms with van der Waals surface area (Å²) in [6.07, 6.45) is 1.86. The molecule has 1 aliphatic rings. The number of hydrogen-bond acceptors (Lipinski definition) is 2. The lowest BCUT2D eigenvalue weighted by atomic mass is 10.1. The summed E-state index contributed by atoms with van der Waals surface area (Å²) in [5.74, 6) is 0. The highest BCUT2D eigenvalue weighted by atomic mass is 16.5. The van der Waals surface area contributed by atoms with Crippen LogP contribution in [0.4, 0.5) is 0 Å². The van der Waals surface area contributed by atoms with Gasteiger partial charge < -0.3 is 4.74 Å². The van der Waals surface area contributed by atoms with Gasteiger partial charge in [-0.15, -0.1) is 0 Å². The van der Waals surface area contributed by atoms with Crippen LogP contribution in [0.15, 0.2) is 54.6 Å². The molecular weight excluding hydrogens is 222 g/mol. The van der Waals surface area contributed by atoms with Gasteiger partial charge in [-0.2, -0.15) is 0 Å². The minimum atomic E-state index is -0.619. The zero-order valence-electron chi connectivity index (χ0n) is 10.3. The Labute approximate surface area is 107 Å². The lowest BCUT2D eigenvalue weighted by molar-refractivity contribution is -0.0564. The Balaban J connectivity index is 1.77. The minimum Gasteiger partial charge on any atom is -0.352 e. The second-order valence-corrected chi connectivity index (χ2v) is 4.82. The summed E-state index contributed by atoms with van der Waals surface area (Å²) >= 11 is 0. The van der Waals surface area contributed by atoms with Gasteiger partial charge in [0.25, 0.3) is 0 Å². The van der Waals surface area contributed by atoms with E-state index in [2.05, 4.69) is 30.3 Å². The van der Waals surface area contributed by atoms with E-state index in [1.165, 1.54) is 5.56 Å². The van der Waals surface area contributed by atoms with E-state index in [0.717, 1.165) is 24.0 Å². The molecule has 92 valence electrons. The summed E-state index contributed by atoms with van der Waals surface area (Å²) in [5, 5.41) is 0. The van der Waals surface area contributed by atoms with Crippen molar-refractivity contribution in [2.24, 2.45) is 5.73 Å². The van der Waals surface area contributed by atoms with E-state index in [1.54, 1.807) is 0 Å². The number of ether oxygens (including phenoxy) is 1. The standard InChI is InChI=1S/C16H17NO/c17-16(18-12-13-6-2-1-3-7-13)11-10-14-8-4-5-9-15(14)16/h1-9H,10-12,17H2. The lowest BCUT2D eigenvalue weighted by Gasteiger charge is -2.26. The van der Waals surface area contributed by atoms with Crippen molar-refractivity contribution in [1.82, 2.24) is 0 Å². The highest BCUT2D eigenvalue weighted by molar-refractivity contribution is 5.36. The van der Waals surface area contributed by atoms with Crippen molar-refractivity contribution >= 4 is 0 Å². The van der Waals surface area contributed by atoms with Crippen LogP contribution in [0, 0.1) is 0 Å². The molecular formula is C16H17NO. The van der Waals surface area contributed by atoms with E-state index in [9.17, 15) is 0 Å². The van der Waals surface area contributed by atoms with E-state index >= 15 is 0 Å². The van der Waals surface area contributed by atoms with Crippen molar-refractivity contribution in [3.8, 4) is 0 Å². The van der Waals surface area contributed by atoms with Gasteiger partial charge in [-0.05, 0) is 24.0 Å². The lowest BCUT2D eigenvalue weighted by Crippen LogP contribution is -2.37. The Morgan fingerprint density at radius 3 is 2.56 bits per heavy atom. The van der Waals surface area contributed by atoms with Crippen LogP contribution in [0.2, 0.25) is 0 Å². The zero-order valence-corrected chi connectivity index (χ0v) is 10.3. The molecule has 1 unspecified atom stereocenters. The van der Waals surface area contributed by atoms with Crippen molar-refractivity contribution in [1.29, 1.82) is 0 Å². The fourth-order valence-electron chi connectivity index (χ4n) is 2.54. The van der Waals surface area contributed by atoms with E-state index in [-0.39, 0.29) is 0 Å². The van der Waals surface area contributed by atoms with Gasteiger partial charge in [-0.25, -0.2) is 0 Å². The molecule has 0 amide bonds. The van der Waals surface area contributed by atoms with Crippen LogP contribution in [-0.2, 0) is 23.5 Å². The third-order valence-corrected chi connectivity index (χ3v) is 3.58. The van der Waals surface area contributed by atoms with Gasteiger partial charge in [-0.3, -0.25) is 5.73 Å². The Morgan fingerprint density at radius 2 is 1.72 bits per heavy atom. The average Bonchev–Trinajstić information content (AvgIpc) is 2.77. The maximum atomic E-state index is 6.40. The molecule has 0 saturated heterocycles. The number of fused-ring (bicyclic) bond motifs is 1. The van der Waals surface area contributed by atoms with Gasteiger partial charge >= 0.3 is 0 Å². The molecule has 2 aromatic carbocycles. The summed E-state index contributed by atoms with van der Waals surface area (Å²) < 4.78 is 5.98. The van der Waals surface area contributed by atoms with Crippen molar-refractivity contribution in [3.05, 3.63) is 71.3 Å². The summed E-state index contributed by atoms with van der Waals surface area (Å²) in [7, 11) is 0. The summed E-state index contributed by atoms with van der Waals surface area (Å²) in [6.45, 7) is 0.561. The first-order valence-electron chi connectivity index (χ1n) is 6.33. The first-order chi connectivity index (χ1) is 8.78. The molecule has 2 N–H and O–H groups in total. The first-order valence-corrected chi connectivity index (χ1v) is 6.33. The van der Waals surface area contributed by atoms with E-state index in [0.29, 0.717) is 6.61 Å². The number of hydrogen-bond donors (Lipinski definition) is 1. The topological polar surface area (TPSA) is 35.2 Å². The van der Waals surface area contributed by atoms with Crippen LogP contribution in [0.1, 0.15) is 23.1 Å². The molecule has 0 spiro atoms. The smallest absolute Gasteiger partial charge is 0.143 e. The Morgan fingerprint density at radius 1 is 1.00 bits per heavy atom. The molecule has 0 radical (unpaired) electrons. The normalized spacial score (nSPS) is 21.8. The highest BCUT2D eigenvalue weighted by Crippen LogP contribution is 2.36. The van der Waals surface area contributed by atoms with Crippen LogP contribution >= 0.6 is 0 Å². The zero-order chi connectivity index (χ0) is 12.4. The summed E-state index contributed by atoms with van der Waals surface area (Å²) in [6, 6.07) is 18.5. The fourth-order valence-corrected chi connectivity index (χ4v) is 2.54. The Bertz CT molecular complexity index is 538. The highest BCUT2D eigenvalue weighted by Gasteiger charge is 2.35. The monoisotopic (exact) mass is 239 g/mol. The largest absolute Gasteiger partial charge is 0.352 e. The van der Waals surface area contributed by atoms with Crippen molar-refractivity contribution < 1.29 is 4.74 Å². The van der Waals surface area contributed by atoms with Crippen LogP contribution < -0.4 is 5.73 Å². The SMILES string of the molecule is NC1(OCc2ccccc2)CCc2ccccc21. The van der Waals surface area contributed by atoms with Crippen molar-refractivity contribution in [2.75, 3.05) is 0 Å². The number of nitrogens with two attached hydrogens (primary N) is 1. The summed E-state index contributed by atoms with van der Waals surface area (Å²) in [4.78, 5) is 0. The van der Waals surface area contributed by atoms with E-state index in [1.807, 2.05) is 24.3 Å². The molecule has 0 heterocycles. The molecule has 2 heteroatoms. The molecule has 18 heavy (non-hydrogen) atoms. The number of rotatable bonds is 3. The minimum absolute atomic E-state index is 0.561. The molecule has 0 aromatic heterocycles. The Kier molecular flexibility index (Phi) is 2.90. The second-order valence-electron chi connectivity index (χ2n) is 4.82. The van der Waals surface area contributed by atoms with Crippen LogP contribution in [0.25, 0.3) is 0 Å². The fraction of sp³-hybridized carbons (Fsp3) is 0.250. The Hall–Kier alpha value is -1.64. The van der Waals surface area contributed by atoms with Gasteiger partial charge in [0.1, 0.15) is 5.72 Å². The van der Waals surface area contributed by atoms with Gasteiger partial charge in [0, 0.05) is 5.56 Å². The average molecular weight is 239 g/mol. The van der Waals surface area contributed by atoms with Gasteiger partial charge in [-0.1, -0.05) is 54.6 Å². The van der Waals surface area contributed by atoms with Crippen molar-refractivity contribution in [2.45, 2.75) is 25.2 Å². The molecule has 0 fully saturated rings. The molecule has 1 aliphatic carbocycles. The van der Waals surface area contributed by atoms with Crippen LogP contribution in [0.5, 0.6) is 0 Å². The van der Waals surface area contributed by atoms with Gasteiger partial charge in [0.2, 0.25) is 0 Å². The third-order valence-electron chi connectivity index (χ3n) is 3.58. The molecule has 2 nitrogen and oxygen atoms in total. The number of benzene rings is 2. The quantitative estimate of drug-likeness (QED) is 0.836. The second kappa shape index (κ2) is 4.56. The number of aryl methyl sites for hydroxylation is 1. The van der Waals surface area contributed by atoms with E-state index in [4.69, 9.17) is 10.5 Å². The molecule has 0 saturated carbocycles. The summed E-state index contributed by atoms with van der Waals surface area (Å²) in [5.41, 5.74) is 9.39. The van der Waals surface area contributed by atoms with Crippen LogP contribution in [0.3, 0.4) is 0 Å². The maximum Gasteiger partial charge on any atom is 0.143 e. The van der Waals surface area contributed by atoms with Gasteiger partial charge in [0.15, 0.2) is 0 Å². The maximum absolute atomic E-state index is 6.40. The molecule has 2 aromatic rings.